The van der Waals surface area contributed by atoms with Crippen molar-refractivity contribution in [3.63, 3.8) is 0 Å². The Kier molecular flexibility index (Phi) is 4.90. The maximum Gasteiger partial charge on any atom is 0.306 e. The van der Waals surface area contributed by atoms with Gasteiger partial charge in [-0.05, 0) is 19.8 Å². The van der Waals surface area contributed by atoms with Crippen molar-refractivity contribution in [3.8, 4) is 0 Å². The van der Waals surface area contributed by atoms with E-state index in [0.717, 1.165) is 0 Å². The summed E-state index contributed by atoms with van der Waals surface area (Å²) in [7, 11) is 0. The van der Waals surface area contributed by atoms with Crippen molar-refractivity contribution < 1.29 is 14.6 Å². The fourth-order valence-electron chi connectivity index (χ4n) is 0.687. The predicted molar refractivity (Wildman–Crippen MR) is 46.7 cm³/mol. The number of aliphatic hydroxyl groups excluding tert-OH is 1. The number of aliphatic hydroxyl groups is 1. The van der Waals surface area contributed by atoms with Crippen LogP contribution in [0.5, 0.6) is 0 Å². The normalized spacial score (nSPS) is 15.8. The van der Waals surface area contributed by atoms with Crippen molar-refractivity contribution in [3.05, 3.63) is 0 Å². The van der Waals surface area contributed by atoms with Gasteiger partial charge >= 0.3 is 5.97 Å². The highest BCUT2D eigenvalue weighted by molar-refractivity contribution is 5.69. The molecule has 0 aliphatic carbocycles. The molecule has 0 bridgehead atoms. The molecule has 0 radical (unpaired) electrons. The van der Waals surface area contributed by atoms with Crippen LogP contribution in [0.1, 0.15) is 34.1 Å². The highest BCUT2D eigenvalue weighted by Crippen LogP contribution is 2.05. The van der Waals surface area contributed by atoms with E-state index in [1.54, 1.807) is 13.8 Å². The number of esters is 1. The Morgan fingerprint density at radius 3 is 2.17 bits per heavy atom. The predicted octanol–water partition coefficient (Wildman–Crippen LogP) is 1.34. The lowest BCUT2D eigenvalue weighted by Crippen LogP contribution is -2.26. The van der Waals surface area contributed by atoms with Crippen LogP contribution in [0.15, 0.2) is 0 Å². The fraction of sp³-hybridized carbons (Fsp3) is 0.889. The molecule has 0 saturated heterocycles. The van der Waals surface area contributed by atoms with Crippen LogP contribution >= 0.6 is 0 Å². The Balaban J connectivity index is 3.69. The second-order valence-electron chi connectivity index (χ2n) is 3.53. The molecule has 0 spiro atoms. The van der Waals surface area contributed by atoms with Gasteiger partial charge in [0, 0.05) is 6.42 Å². The topological polar surface area (TPSA) is 46.5 Å². The van der Waals surface area contributed by atoms with Crippen LogP contribution in [0.4, 0.5) is 0 Å². The summed E-state index contributed by atoms with van der Waals surface area (Å²) in [4.78, 5) is 11.0. The summed E-state index contributed by atoms with van der Waals surface area (Å²) in [6.45, 7) is 7.19. The number of rotatable bonds is 4. The third kappa shape index (κ3) is 5.13. The first-order chi connectivity index (χ1) is 5.43. The van der Waals surface area contributed by atoms with Crippen LogP contribution in [0.2, 0.25) is 0 Å². The zero-order chi connectivity index (χ0) is 9.72. The molecule has 0 aromatic rings. The number of ether oxygens (including phenoxy) is 1. The third-order valence-electron chi connectivity index (χ3n) is 1.57. The second-order valence-corrected chi connectivity index (χ2v) is 3.53. The molecule has 0 saturated carbocycles. The number of hydrogen-bond donors (Lipinski definition) is 1. The standard InChI is InChI=1S/C9H18O3/c1-6(2)5-9(11)12-8(4)7(3)10/h6-8,10H,5H2,1-4H3. The first-order valence-corrected chi connectivity index (χ1v) is 4.31. The van der Waals surface area contributed by atoms with Crippen molar-refractivity contribution in [2.75, 3.05) is 0 Å². The van der Waals surface area contributed by atoms with E-state index in [1.807, 2.05) is 13.8 Å². The zero-order valence-electron chi connectivity index (χ0n) is 8.20. The number of carbonyl (C=O) groups is 1. The summed E-state index contributed by atoms with van der Waals surface area (Å²) in [5.74, 6) is 0.0668. The van der Waals surface area contributed by atoms with Gasteiger partial charge in [0.05, 0.1) is 6.10 Å². The molecule has 2 atom stereocenters. The van der Waals surface area contributed by atoms with Gasteiger partial charge in [-0.3, -0.25) is 4.79 Å². The van der Waals surface area contributed by atoms with Gasteiger partial charge in [0.15, 0.2) is 0 Å². The third-order valence-corrected chi connectivity index (χ3v) is 1.57. The maximum absolute atomic E-state index is 11.0. The monoisotopic (exact) mass is 174 g/mol. The Bertz CT molecular complexity index is 141. The average molecular weight is 174 g/mol. The summed E-state index contributed by atoms with van der Waals surface area (Å²) in [5.41, 5.74) is 0. The van der Waals surface area contributed by atoms with Crippen LogP contribution in [0.3, 0.4) is 0 Å². The Morgan fingerprint density at radius 2 is 1.83 bits per heavy atom. The Hall–Kier alpha value is -0.570. The van der Waals surface area contributed by atoms with Crippen molar-refractivity contribution in [2.24, 2.45) is 5.92 Å². The molecule has 2 unspecified atom stereocenters. The van der Waals surface area contributed by atoms with Gasteiger partial charge in [-0.15, -0.1) is 0 Å². The SMILES string of the molecule is CC(C)CC(=O)OC(C)C(C)O. The fourth-order valence-corrected chi connectivity index (χ4v) is 0.687. The minimum atomic E-state index is -0.596. The van der Waals surface area contributed by atoms with Crippen LogP contribution < -0.4 is 0 Å². The molecule has 3 nitrogen and oxygen atoms in total. The molecular weight excluding hydrogens is 156 g/mol. The van der Waals surface area contributed by atoms with Crippen molar-refractivity contribution in [1.29, 1.82) is 0 Å². The molecule has 0 aliphatic heterocycles. The van der Waals surface area contributed by atoms with Gasteiger partial charge < -0.3 is 9.84 Å². The van der Waals surface area contributed by atoms with E-state index in [1.165, 1.54) is 0 Å². The summed E-state index contributed by atoms with van der Waals surface area (Å²) < 4.78 is 4.93. The van der Waals surface area contributed by atoms with Crippen LogP contribution in [-0.4, -0.2) is 23.3 Å². The lowest BCUT2D eigenvalue weighted by atomic mass is 10.1. The van der Waals surface area contributed by atoms with E-state index in [4.69, 9.17) is 9.84 Å². The lowest BCUT2D eigenvalue weighted by molar-refractivity contribution is -0.153. The lowest BCUT2D eigenvalue weighted by Gasteiger charge is -2.16. The van der Waals surface area contributed by atoms with E-state index < -0.39 is 12.2 Å². The highest BCUT2D eigenvalue weighted by Gasteiger charge is 2.14. The molecule has 0 rings (SSSR count). The maximum atomic E-state index is 11.0. The molecule has 1 N–H and O–H groups in total. The molecule has 0 aliphatic rings. The number of hydrogen-bond acceptors (Lipinski definition) is 3. The van der Waals surface area contributed by atoms with Gasteiger partial charge in [-0.2, -0.15) is 0 Å². The van der Waals surface area contributed by atoms with E-state index in [9.17, 15) is 4.79 Å². The van der Waals surface area contributed by atoms with Gasteiger partial charge in [-0.25, -0.2) is 0 Å². The quantitative estimate of drug-likeness (QED) is 0.654. The molecule has 3 heteroatoms. The molecule has 0 aromatic heterocycles. The van der Waals surface area contributed by atoms with Gasteiger partial charge in [0.1, 0.15) is 6.10 Å². The first-order valence-electron chi connectivity index (χ1n) is 4.31. The minimum Gasteiger partial charge on any atom is -0.460 e. The van der Waals surface area contributed by atoms with Gasteiger partial charge in [-0.1, -0.05) is 13.8 Å². The van der Waals surface area contributed by atoms with Crippen LogP contribution in [0, 0.1) is 5.92 Å². The van der Waals surface area contributed by atoms with E-state index >= 15 is 0 Å². The Morgan fingerprint density at radius 1 is 1.33 bits per heavy atom. The number of carbonyl (C=O) groups excluding carboxylic acids is 1. The van der Waals surface area contributed by atoms with Crippen LogP contribution in [0.25, 0.3) is 0 Å². The molecule has 0 fully saturated rings. The van der Waals surface area contributed by atoms with Crippen LogP contribution in [-0.2, 0) is 9.53 Å². The summed E-state index contributed by atoms with van der Waals surface area (Å²) in [6.07, 6.45) is -0.589. The molecule has 0 heterocycles. The molecule has 0 aromatic carbocycles. The van der Waals surface area contributed by atoms with Crippen molar-refractivity contribution in [1.82, 2.24) is 0 Å². The Labute approximate surface area is 73.7 Å². The van der Waals surface area contributed by atoms with Gasteiger partial charge in [0.25, 0.3) is 0 Å². The molecular formula is C9H18O3. The van der Waals surface area contributed by atoms with E-state index in [-0.39, 0.29) is 5.97 Å². The minimum absolute atomic E-state index is 0.238. The zero-order valence-corrected chi connectivity index (χ0v) is 8.20. The smallest absolute Gasteiger partial charge is 0.306 e. The summed E-state index contributed by atoms with van der Waals surface area (Å²) in [6, 6.07) is 0. The summed E-state index contributed by atoms with van der Waals surface area (Å²) >= 11 is 0. The summed E-state index contributed by atoms with van der Waals surface area (Å²) in [5, 5.41) is 9.03. The second kappa shape index (κ2) is 5.14. The van der Waals surface area contributed by atoms with Gasteiger partial charge in [0.2, 0.25) is 0 Å². The molecule has 12 heavy (non-hydrogen) atoms. The van der Waals surface area contributed by atoms with E-state index in [2.05, 4.69) is 0 Å². The van der Waals surface area contributed by atoms with Crippen molar-refractivity contribution in [2.45, 2.75) is 46.3 Å². The largest absolute Gasteiger partial charge is 0.460 e. The molecule has 0 amide bonds. The highest BCUT2D eigenvalue weighted by atomic mass is 16.6. The first kappa shape index (κ1) is 11.4. The average Bonchev–Trinajstić information content (AvgIpc) is 1.84. The van der Waals surface area contributed by atoms with Crippen molar-refractivity contribution >= 4 is 5.97 Å². The van der Waals surface area contributed by atoms with E-state index in [0.29, 0.717) is 12.3 Å². The molecule has 72 valence electrons.